The topological polar surface area (TPSA) is 164 Å². The number of aromatic nitrogens is 4. The smallest absolute Gasteiger partial charge is 0.332 e. The number of carbonyl (C=O) groups excluding carboxylic acids is 2. The second-order valence-electron chi connectivity index (χ2n) is 7.82. The van der Waals surface area contributed by atoms with Crippen LogP contribution < -0.4 is 11.4 Å². The molecule has 12 heteroatoms. The van der Waals surface area contributed by atoms with E-state index in [1.54, 1.807) is 24.3 Å². The van der Waals surface area contributed by atoms with Gasteiger partial charge in [0.2, 0.25) is 5.95 Å². The number of esters is 2. The van der Waals surface area contributed by atoms with Crippen molar-refractivity contribution >= 4 is 29.1 Å². The lowest BCUT2D eigenvalue weighted by atomic mass is 10.1. The van der Waals surface area contributed by atoms with E-state index < -0.39 is 36.1 Å². The molecule has 1 aliphatic heterocycles. The van der Waals surface area contributed by atoms with Crippen LogP contribution in [0, 0.1) is 11.3 Å². The lowest BCUT2D eigenvalue weighted by molar-refractivity contribution is -0.153. The Morgan fingerprint density at radius 3 is 2.82 bits per heavy atom. The van der Waals surface area contributed by atoms with E-state index in [1.165, 1.54) is 29.2 Å². The summed E-state index contributed by atoms with van der Waals surface area (Å²) < 4.78 is 19.1. The van der Waals surface area contributed by atoms with Crippen LogP contribution in [0.1, 0.15) is 37.6 Å². The Labute approximate surface area is 193 Å². The lowest BCUT2D eigenvalue weighted by Gasteiger charge is -2.19. The van der Waals surface area contributed by atoms with Gasteiger partial charge in [0.1, 0.15) is 18.2 Å². The molecule has 3 heterocycles. The van der Waals surface area contributed by atoms with E-state index in [9.17, 15) is 19.6 Å². The standard InChI is InChI=1S/C22H22N6O6/c1-12(29)32-11-16-7-18(33-13(2)30)20(34-16)28-19-17(9-25-21(24)26-19)27(22(28)31)10-15-5-3-4-14(6-15)8-23/h3-6,9,16,18,20H,7,10-11H2,1-2H3,(H2,24,25,26)/t16-,18+,20?/m0/s1. The van der Waals surface area contributed by atoms with Crippen molar-refractivity contribution in [2.45, 2.75) is 45.2 Å². The highest BCUT2D eigenvalue weighted by Crippen LogP contribution is 2.33. The zero-order chi connectivity index (χ0) is 24.4. The van der Waals surface area contributed by atoms with Crippen molar-refractivity contribution in [3.8, 4) is 6.07 Å². The zero-order valence-electron chi connectivity index (χ0n) is 18.5. The van der Waals surface area contributed by atoms with Crippen molar-refractivity contribution in [2.24, 2.45) is 0 Å². The summed E-state index contributed by atoms with van der Waals surface area (Å²) >= 11 is 0. The number of ether oxygens (including phenoxy) is 3. The molecule has 1 saturated heterocycles. The molecule has 0 bridgehead atoms. The third-order valence-corrected chi connectivity index (χ3v) is 5.31. The largest absolute Gasteiger partial charge is 0.463 e. The summed E-state index contributed by atoms with van der Waals surface area (Å²) in [7, 11) is 0. The summed E-state index contributed by atoms with van der Waals surface area (Å²) in [5, 5.41) is 9.19. The molecule has 1 unspecified atom stereocenters. The molecule has 0 aliphatic carbocycles. The van der Waals surface area contributed by atoms with E-state index in [4.69, 9.17) is 19.9 Å². The number of nitrogen functional groups attached to an aromatic ring is 1. The predicted molar refractivity (Wildman–Crippen MR) is 117 cm³/mol. The van der Waals surface area contributed by atoms with Gasteiger partial charge >= 0.3 is 17.6 Å². The van der Waals surface area contributed by atoms with Crippen molar-refractivity contribution < 1.29 is 23.8 Å². The Morgan fingerprint density at radius 1 is 1.32 bits per heavy atom. The summed E-state index contributed by atoms with van der Waals surface area (Å²) in [5.41, 5.74) is 7.06. The van der Waals surface area contributed by atoms with E-state index in [-0.39, 0.29) is 31.2 Å². The number of nitrogens with two attached hydrogens (primary N) is 1. The number of anilines is 1. The van der Waals surface area contributed by atoms with Crippen molar-refractivity contribution in [3.63, 3.8) is 0 Å². The molecule has 2 N–H and O–H groups in total. The van der Waals surface area contributed by atoms with E-state index in [2.05, 4.69) is 16.0 Å². The summed E-state index contributed by atoms with van der Waals surface area (Å²) in [5.74, 6) is -1.08. The first kappa shape index (κ1) is 22.9. The number of hydrogen-bond donors (Lipinski definition) is 1. The van der Waals surface area contributed by atoms with Gasteiger partial charge in [0.15, 0.2) is 11.9 Å². The van der Waals surface area contributed by atoms with Gasteiger partial charge in [-0.3, -0.25) is 14.2 Å². The van der Waals surface area contributed by atoms with Crippen molar-refractivity contribution in [2.75, 3.05) is 12.3 Å². The van der Waals surface area contributed by atoms with Gasteiger partial charge in [0, 0.05) is 20.3 Å². The Balaban J connectivity index is 1.79. The van der Waals surface area contributed by atoms with Gasteiger partial charge in [-0.2, -0.15) is 10.2 Å². The maximum Gasteiger partial charge on any atom is 0.332 e. The number of hydrogen-bond acceptors (Lipinski definition) is 10. The number of benzene rings is 1. The second kappa shape index (κ2) is 9.32. The summed E-state index contributed by atoms with van der Waals surface area (Å²) in [4.78, 5) is 44.8. The molecule has 2 aromatic heterocycles. The van der Waals surface area contributed by atoms with E-state index in [1.807, 2.05) is 0 Å². The van der Waals surface area contributed by atoms with E-state index in [0.717, 1.165) is 0 Å². The maximum absolute atomic E-state index is 13.6. The van der Waals surface area contributed by atoms with Crippen LogP contribution >= 0.6 is 0 Å². The zero-order valence-corrected chi connectivity index (χ0v) is 18.5. The van der Waals surface area contributed by atoms with Crippen LogP contribution in [-0.2, 0) is 30.3 Å². The maximum atomic E-state index is 13.6. The number of carbonyl (C=O) groups is 2. The van der Waals surface area contributed by atoms with E-state index in [0.29, 0.717) is 16.6 Å². The number of nitriles is 1. The van der Waals surface area contributed by atoms with Crippen LogP contribution in [0.5, 0.6) is 0 Å². The molecule has 34 heavy (non-hydrogen) atoms. The van der Waals surface area contributed by atoms with Crippen molar-refractivity contribution in [1.82, 2.24) is 19.1 Å². The molecule has 0 radical (unpaired) electrons. The molecule has 3 atom stereocenters. The minimum absolute atomic E-state index is 0.0524. The molecule has 1 aromatic carbocycles. The summed E-state index contributed by atoms with van der Waals surface area (Å²) in [6.07, 6.45) is -0.819. The third-order valence-electron chi connectivity index (χ3n) is 5.31. The van der Waals surface area contributed by atoms with Crippen molar-refractivity contribution in [3.05, 3.63) is 52.1 Å². The molecule has 1 fully saturated rings. The number of fused-ring (bicyclic) bond motifs is 1. The molecule has 0 spiro atoms. The van der Waals surface area contributed by atoms with Gasteiger partial charge in [-0.15, -0.1) is 0 Å². The van der Waals surface area contributed by atoms with Crippen LogP contribution in [0.2, 0.25) is 0 Å². The molecule has 12 nitrogen and oxygen atoms in total. The lowest BCUT2D eigenvalue weighted by Crippen LogP contribution is -2.34. The molecule has 1 aliphatic rings. The summed E-state index contributed by atoms with van der Waals surface area (Å²) in [6.45, 7) is 2.60. The van der Waals surface area contributed by atoms with E-state index >= 15 is 0 Å². The quantitative estimate of drug-likeness (QED) is 0.515. The van der Waals surface area contributed by atoms with Crippen LogP contribution in [0.4, 0.5) is 5.95 Å². The van der Waals surface area contributed by atoms with Gasteiger partial charge < -0.3 is 19.9 Å². The fraction of sp³-hybridized carbons (Fsp3) is 0.364. The van der Waals surface area contributed by atoms with Gasteiger partial charge in [-0.1, -0.05) is 12.1 Å². The first-order chi connectivity index (χ1) is 16.3. The van der Waals surface area contributed by atoms with Crippen LogP contribution in [0.3, 0.4) is 0 Å². The van der Waals surface area contributed by atoms with Gasteiger partial charge in [0.25, 0.3) is 0 Å². The SMILES string of the molecule is CC(=O)OC[C@@H]1C[C@@H](OC(C)=O)C(n2c(=O)n(Cc3cccc(C#N)c3)c3cnc(N)nc32)O1. The first-order valence-electron chi connectivity index (χ1n) is 10.4. The van der Waals surface area contributed by atoms with Gasteiger partial charge in [-0.25, -0.2) is 14.3 Å². The van der Waals surface area contributed by atoms with Crippen LogP contribution in [-0.4, -0.2) is 49.9 Å². The van der Waals surface area contributed by atoms with Crippen LogP contribution in [0.15, 0.2) is 35.3 Å². The predicted octanol–water partition coefficient (Wildman–Crippen LogP) is 0.877. The Bertz CT molecular complexity index is 1360. The Morgan fingerprint density at radius 2 is 2.12 bits per heavy atom. The average molecular weight is 466 g/mol. The second-order valence-corrected chi connectivity index (χ2v) is 7.82. The minimum atomic E-state index is -1.03. The molecular weight excluding hydrogens is 444 g/mol. The Kier molecular flexibility index (Phi) is 6.29. The highest BCUT2D eigenvalue weighted by Gasteiger charge is 2.41. The number of nitrogens with zero attached hydrogens (tertiary/aromatic N) is 5. The third kappa shape index (κ3) is 4.60. The highest BCUT2D eigenvalue weighted by molar-refractivity contribution is 5.72. The first-order valence-corrected chi connectivity index (χ1v) is 10.4. The fourth-order valence-electron chi connectivity index (χ4n) is 3.96. The molecule has 3 aromatic rings. The monoisotopic (exact) mass is 466 g/mol. The Hall–Kier alpha value is -4.24. The van der Waals surface area contributed by atoms with Gasteiger partial charge in [-0.05, 0) is 17.7 Å². The molecule has 0 amide bonds. The fourth-order valence-corrected chi connectivity index (χ4v) is 3.96. The van der Waals surface area contributed by atoms with Crippen LogP contribution in [0.25, 0.3) is 11.2 Å². The average Bonchev–Trinajstić information content (AvgIpc) is 3.29. The number of rotatable bonds is 6. The molecule has 4 rings (SSSR count). The minimum Gasteiger partial charge on any atom is -0.463 e. The number of imidazole rings is 1. The molecule has 176 valence electrons. The normalized spacial score (nSPS) is 19.6. The molecular formula is C22H22N6O6. The van der Waals surface area contributed by atoms with Gasteiger partial charge in [0.05, 0.1) is 30.5 Å². The summed E-state index contributed by atoms with van der Waals surface area (Å²) in [6, 6.07) is 8.93. The highest BCUT2D eigenvalue weighted by atomic mass is 16.6. The van der Waals surface area contributed by atoms with Crippen molar-refractivity contribution in [1.29, 1.82) is 5.26 Å². The molecule has 0 saturated carbocycles.